The maximum absolute atomic E-state index is 12.4. The van der Waals surface area contributed by atoms with Gasteiger partial charge in [-0.05, 0) is 40.5 Å². The third kappa shape index (κ3) is 6.36. The fourth-order valence-electron chi connectivity index (χ4n) is 3.55. The molecule has 0 aromatic carbocycles. The average molecular weight is 395 g/mol. The van der Waals surface area contributed by atoms with Gasteiger partial charge in [0.25, 0.3) is 0 Å². The van der Waals surface area contributed by atoms with Gasteiger partial charge in [-0.2, -0.15) is 0 Å². The van der Waals surface area contributed by atoms with Crippen LogP contribution in [0.1, 0.15) is 40.5 Å². The standard InChI is InChI=1S/C20H38N6O2/c1-5-21-18(28)20(3,4)16-23-19(22-6-2)26-13-11-24(12-14-26)15-17(27)25-9-7-8-10-25/h5-16H2,1-4H3,(H,21,28)(H,22,23). The fourth-order valence-corrected chi connectivity index (χ4v) is 3.55. The summed E-state index contributed by atoms with van der Waals surface area (Å²) >= 11 is 0. The summed E-state index contributed by atoms with van der Waals surface area (Å²) in [6, 6.07) is 0. The third-order valence-corrected chi connectivity index (χ3v) is 5.40. The van der Waals surface area contributed by atoms with Crippen molar-refractivity contribution in [2.75, 3.05) is 65.4 Å². The largest absolute Gasteiger partial charge is 0.357 e. The number of hydrogen-bond donors (Lipinski definition) is 2. The molecule has 2 aliphatic rings. The summed E-state index contributed by atoms with van der Waals surface area (Å²) in [7, 11) is 0. The van der Waals surface area contributed by atoms with E-state index in [2.05, 4.69) is 27.4 Å². The Bertz CT molecular complexity index is 549. The lowest BCUT2D eigenvalue weighted by Crippen LogP contribution is -2.54. The second kappa shape index (κ2) is 10.6. The van der Waals surface area contributed by atoms with Gasteiger partial charge in [-0.3, -0.25) is 19.5 Å². The second-order valence-electron chi connectivity index (χ2n) is 8.26. The lowest BCUT2D eigenvalue weighted by atomic mass is 9.92. The number of piperazine rings is 1. The molecule has 0 atom stereocenters. The Balaban J connectivity index is 1.87. The van der Waals surface area contributed by atoms with Gasteiger partial charge in [0.1, 0.15) is 0 Å². The highest BCUT2D eigenvalue weighted by molar-refractivity contribution is 5.84. The van der Waals surface area contributed by atoms with Crippen molar-refractivity contribution in [3.05, 3.63) is 0 Å². The van der Waals surface area contributed by atoms with Crippen molar-refractivity contribution >= 4 is 17.8 Å². The summed E-state index contributed by atoms with van der Waals surface area (Å²) < 4.78 is 0. The maximum atomic E-state index is 12.4. The average Bonchev–Trinajstić information content (AvgIpc) is 3.21. The van der Waals surface area contributed by atoms with Gasteiger partial charge >= 0.3 is 0 Å². The van der Waals surface area contributed by atoms with Crippen molar-refractivity contribution in [1.29, 1.82) is 0 Å². The molecule has 0 aromatic rings. The molecular weight excluding hydrogens is 356 g/mol. The van der Waals surface area contributed by atoms with Gasteiger partial charge < -0.3 is 20.4 Å². The first-order valence-corrected chi connectivity index (χ1v) is 10.7. The molecular formula is C20H38N6O2. The molecule has 2 amide bonds. The minimum atomic E-state index is -0.541. The zero-order chi connectivity index (χ0) is 20.6. The molecule has 160 valence electrons. The number of aliphatic imine (C=N–C) groups is 1. The molecule has 0 aliphatic carbocycles. The molecule has 8 heteroatoms. The molecule has 2 aliphatic heterocycles. The monoisotopic (exact) mass is 394 g/mol. The maximum Gasteiger partial charge on any atom is 0.236 e. The van der Waals surface area contributed by atoms with Gasteiger partial charge in [-0.15, -0.1) is 0 Å². The van der Waals surface area contributed by atoms with Gasteiger partial charge in [0.05, 0.1) is 18.5 Å². The van der Waals surface area contributed by atoms with E-state index < -0.39 is 5.41 Å². The molecule has 28 heavy (non-hydrogen) atoms. The molecule has 2 fully saturated rings. The first-order valence-electron chi connectivity index (χ1n) is 10.7. The van der Waals surface area contributed by atoms with Crippen LogP contribution < -0.4 is 10.6 Å². The van der Waals surface area contributed by atoms with Crippen LogP contribution in [0, 0.1) is 5.41 Å². The number of likely N-dealkylation sites (tertiary alicyclic amines) is 1. The van der Waals surface area contributed by atoms with Crippen molar-refractivity contribution in [1.82, 2.24) is 25.3 Å². The SMILES string of the molecule is CCNC(=O)C(C)(C)CN=C(NCC)N1CCN(CC(=O)N2CCCC2)CC1. The predicted octanol–water partition coefficient (Wildman–Crippen LogP) is 0.354. The van der Waals surface area contributed by atoms with Crippen molar-refractivity contribution in [3.63, 3.8) is 0 Å². The lowest BCUT2D eigenvalue weighted by molar-refractivity contribution is -0.131. The second-order valence-corrected chi connectivity index (χ2v) is 8.26. The van der Waals surface area contributed by atoms with Crippen LogP contribution in [0.25, 0.3) is 0 Å². The normalized spacial score (nSPS) is 19.1. The number of carbonyl (C=O) groups excluding carboxylic acids is 2. The van der Waals surface area contributed by atoms with Crippen LogP contribution in [-0.4, -0.2) is 97.9 Å². The van der Waals surface area contributed by atoms with Crippen LogP contribution in [0.4, 0.5) is 0 Å². The molecule has 2 saturated heterocycles. The van der Waals surface area contributed by atoms with E-state index in [1.165, 1.54) is 0 Å². The zero-order valence-corrected chi connectivity index (χ0v) is 18.1. The smallest absolute Gasteiger partial charge is 0.236 e. The molecule has 2 N–H and O–H groups in total. The highest BCUT2D eigenvalue weighted by Gasteiger charge is 2.28. The van der Waals surface area contributed by atoms with Crippen LogP contribution in [-0.2, 0) is 9.59 Å². The molecule has 8 nitrogen and oxygen atoms in total. The summed E-state index contributed by atoms with van der Waals surface area (Å²) in [5, 5.41) is 6.23. The van der Waals surface area contributed by atoms with Crippen LogP contribution in [0.15, 0.2) is 4.99 Å². The van der Waals surface area contributed by atoms with E-state index in [4.69, 9.17) is 4.99 Å². The molecule has 0 aromatic heterocycles. The van der Waals surface area contributed by atoms with Crippen LogP contribution in [0.5, 0.6) is 0 Å². The van der Waals surface area contributed by atoms with E-state index in [-0.39, 0.29) is 11.8 Å². The van der Waals surface area contributed by atoms with Crippen molar-refractivity contribution in [2.45, 2.75) is 40.5 Å². The van der Waals surface area contributed by atoms with E-state index in [0.717, 1.165) is 64.6 Å². The van der Waals surface area contributed by atoms with Gasteiger partial charge in [0.2, 0.25) is 11.8 Å². The van der Waals surface area contributed by atoms with E-state index in [1.807, 2.05) is 25.7 Å². The van der Waals surface area contributed by atoms with Crippen molar-refractivity contribution < 1.29 is 9.59 Å². The summed E-state index contributed by atoms with van der Waals surface area (Å²) in [6.45, 7) is 15.4. The minimum absolute atomic E-state index is 0.0276. The highest BCUT2D eigenvalue weighted by Crippen LogP contribution is 2.16. The molecule has 0 unspecified atom stereocenters. The Labute approximate surface area is 169 Å². The summed E-state index contributed by atoms with van der Waals surface area (Å²) in [5.41, 5.74) is -0.541. The Kier molecular flexibility index (Phi) is 8.54. The fraction of sp³-hybridized carbons (Fsp3) is 0.850. The quantitative estimate of drug-likeness (QED) is 0.481. The Hall–Kier alpha value is -1.83. The Morgan fingerprint density at radius 1 is 0.893 bits per heavy atom. The van der Waals surface area contributed by atoms with Crippen LogP contribution >= 0.6 is 0 Å². The molecule has 0 spiro atoms. The topological polar surface area (TPSA) is 80.3 Å². The zero-order valence-electron chi connectivity index (χ0n) is 18.1. The highest BCUT2D eigenvalue weighted by atomic mass is 16.2. The Morgan fingerprint density at radius 3 is 2.07 bits per heavy atom. The van der Waals surface area contributed by atoms with E-state index in [1.54, 1.807) is 0 Å². The molecule has 0 bridgehead atoms. The predicted molar refractivity (Wildman–Crippen MR) is 112 cm³/mol. The van der Waals surface area contributed by atoms with Crippen molar-refractivity contribution in [3.8, 4) is 0 Å². The number of nitrogens with one attached hydrogen (secondary N) is 2. The number of amides is 2. The van der Waals surface area contributed by atoms with Crippen LogP contribution in [0.2, 0.25) is 0 Å². The Morgan fingerprint density at radius 2 is 1.50 bits per heavy atom. The summed E-state index contributed by atoms with van der Waals surface area (Å²) in [4.78, 5) is 35.8. The van der Waals surface area contributed by atoms with E-state index in [9.17, 15) is 9.59 Å². The first-order chi connectivity index (χ1) is 13.4. The van der Waals surface area contributed by atoms with Gasteiger partial charge in [-0.1, -0.05) is 0 Å². The van der Waals surface area contributed by atoms with Crippen molar-refractivity contribution in [2.24, 2.45) is 10.4 Å². The minimum Gasteiger partial charge on any atom is -0.357 e. The molecule has 0 radical (unpaired) electrons. The van der Waals surface area contributed by atoms with E-state index >= 15 is 0 Å². The van der Waals surface area contributed by atoms with Gasteiger partial charge in [0, 0.05) is 52.4 Å². The number of carbonyl (C=O) groups is 2. The number of guanidine groups is 1. The number of rotatable bonds is 7. The third-order valence-electron chi connectivity index (χ3n) is 5.40. The number of nitrogens with zero attached hydrogens (tertiary/aromatic N) is 4. The summed E-state index contributed by atoms with van der Waals surface area (Å²) in [6.07, 6.45) is 2.27. The molecule has 0 saturated carbocycles. The number of hydrogen-bond acceptors (Lipinski definition) is 4. The first kappa shape index (κ1) is 22.5. The molecule has 2 rings (SSSR count). The summed E-state index contributed by atoms with van der Waals surface area (Å²) in [5.74, 6) is 1.14. The van der Waals surface area contributed by atoms with Gasteiger partial charge in [0.15, 0.2) is 5.96 Å². The van der Waals surface area contributed by atoms with Gasteiger partial charge in [-0.25, -0.2) is 0 Å². The molecule has 2 heterocycles. The van der Waals surface area contributed by atoms with E-state index in [0.29, 0.717) is 19.6 Å². The van der Waals surface area contributed by atoms with Crippen LogP contribution in [0.3, 0.4) is 0 Å². The lowest BCUT2D eigenvalue weighted by Gasteiger charge is -2.37.